The number of ether oxygens (including phenoxy) is 1. The molecule has 1 amide bonds. The molecule has 33 heavy (non-hydrogen) atoms. The van der Waals surface area contributed by atoms with Gasteiger partial charge >= 0.3 is 0 Å². The molecule has 2 N–H and O–H groups in total. The molecule has 3 aromatic carbocycles. The summed E-state index contributed by atoms with van der Waals surface area (Å²) >= 11 is 6.11. The van der Waals surface area contributed by atoms with Gasteiger partial charge in [-0.05, 0) is 49.2 Å². The van der Waals surface area contributed by atoms with Crippen LogP contribution in [0.15, 0.2) is 71.6 Å². The van der Waals surface area contributed by atoms with Crippen LogP contribution in [-0.4, -0.2) is 27.0 Å². The molecule has 0 radical (unpaired) electrons. The van der Waals surface area contributed by atoms with Crippen LogP contribution < -0.4 is 14.8 Å². The van der Waals surface area contributed by atoms with Gasteiger partial charge in [-0.3, -0.25) is 4.79 Å². The standard InChI is InChI=1S/C23H21ClF2N2O4S/c1-2-32-22-11-9-17(14-18(22)24)33(30,31)28-21(12-15-6-4-3-5-7-15)23(29)27-20-13-16(25)8-10-19(20)26/h3-11,13-14,21,28H,2,12H2,1H3,(H,27,29). The van der Waals surface area contributed by atoms with Gasteiger partial charge in [0, 0.05) is 6.07 Å². The van der Waals surface area contributed by atoms with E-state index in [0.29, 0.717) is 17.9 Å². The predicted molar refractivity (Wildman–Crippen MR) is 122 cm³/mol. The number of hydrogen-bond donors (Lipinski definition) is 2. The molecule has 0 heterocycles. The van der Waals surface area contributed by atoms with Crippen LogP contribution >= 0.6 is 11.6 Å². The summed E-state index contributed by atoms with van der Waals surface area (Å²) in [5.41, 5.74) is 0.256. The van der Waals surface area contributed by atoms with Crippen molar-refractivity contribution in [1.82, 2.24) is 4.72 Å². The largest absolute Gasteiger partial charge is 0.492 e. The number of amides is 1. The van der Waals surface area contributed by atoms with E-state index in [-0.39, 0.29) is 16.3 Å². The average Bonchev–Trinajstić information content (AvgIpc) is 2.78. The Morgan fingerprint density at radius 3 is 2.45 bits per heavy atom. The van der Waals surface area contributed by atoms with E-state index in [1.807, 2.05) is 0 Å². The highest BCUT2D eigenvalue weighted by atomic mass is 35.5. The Kier molecular flexibility index (Phi) is 8.01. The van der Waals surface area contributed by atoms with Crippen LogP contribution in [0.3, 0.4) is 0 Å². The second-order valence-electron chi connectivity index (χ2n) is 7.00. The molecule has 0 aliphatic heterocycles. The molecule has 1 unspecified atom stereocenters. The van der Waals surface area contributed by atoms with Crippen molar-refractivity contribution in [1.29, 1.82) is 0 Å². The van der Waals surface area contributed by atoms with Crippen LogP contribution in [0.1, 0.15) is 12.5 Å². The summed E-state index contributed by atoms with van der Waals surface area (Å²) in [7, 11) is -4.21. The molecule has 0 aliphatic carbocycles. The van der Waals surface area contributed by atoms with E-state index in [9.17, 15) is 22.0 Å². The van der Waals surface area contributed by atoms with Gasteiger partial charge in [-0.15, -0.1) is 0 Å². The molecule has 6 nitrogen and oxygen atoms in total. The molecular weight excluding hydrogens is 474 g/mol. The van der Waals surface area contributed by atoms with E-state index >= 15 is 0 Å². The van der Waals surface area contributed by atoms with Crippen molar-refractivity contribution in [2.24, 2.45) is 0 Å². The number of benzene rings is 3. The maximum Gasteiger partial charge on any atom is 0.242 e. The fraction of sp³-hybridized carbons (Fsp3) is 0.174. The van der Waals surface area contributed by atoms with Gasteiger partial charge in [0.05, 0.1) is 22.2 Å². The first kappa shape index (κ1) is 24.6. The van der Waals surface area contributed by atoms with Gasteiger partial charge < -0.3 is 10.1 Å². The highest BCUT2D eigenvalue weighted by Crippen LogP contribution is 2.27. The van der Waals surface area contributed by atoms with Crippen LogP contribution in [0.5, 0.6) is 5.75 Å². The minimum Gasteiger partial charge on any atom is -0.492 e. The third-order valence-electron chi connectivity index (χ3n) is 4.60. The molecule has 174 valence electrons. The summed E-state index contributed by atoms with van der Waals surface area (Å²) < 4.78 is 61.2. The fourth-order valence-corrected chi connectivity index (χ4v) is 4.55. The van der Waals surface area contributed by atoms with E-state index in [2.05, 4.69) is 10.0 Å². The van der Waals surface area contributed by atoms with Gasteiger partial charge in [0.15, 0.2) is 0 Å². The number of sulfonamides is 1. The molecule has 3 aromatic rings. The first-order valence-corrected chi connectivity index (χ1v) is 11.8. The number of anilines is 1. The summed E-state index contributed by atoms with van der Waals surface area (Å²) in [6.45, 7) is 2.11. The van der Waals surface area contributed by atoms with E-state index < -0.39 is 39.3 Å². The summed E-state index contributed by atoms with van der Waals surface area (Å²) in [6.07, 6.45) is -0.0341. The Hall–Kier alpha value is -3.01. The number of hydrogen-bond acceptors (Lipinski definition) is 4. The van der Waals surface area contributed by atoms with E-state index in [1.54, 1.807) is 37.3 Å². The zero-order valence-corrected chi connectivity index (χ0v) is 19.1. The van der Waals surface area contributed by atoms with Crippen molar-refractivity contribution in [2.75, 3.05) is 11.9 Å². The van der Waals surface area contributed by atoms with Gasteiger partial charge in [0.25, 0.3) is 0 Å². The second-order valence-corrected chi connectivity index (χ2v) is 9.12. The minimum absolute atomic E-state index is 0.0341. The molecule has 1 atom stereocenters. The van der Waals surface area contributed by atoms with Crippen molar-refractivity contribution >= 4 is 33.2 Å². The summed E-state index contributed by atoms with van der Waals surface area (Å²) in [6, 6.07) is 13.8. The monoisotopic (exact) mass is 494 g/mol. The maximum absolute atomic E-state index is 14.0. The third kappa shape index (κ3) is 6.50. The third-order valence-corrected chi connectivity index (χ3v) is 6.36. The van der Waals surface area contributed by atoms with Crippen molar-refractivity contribution < 1.29 is 26.7 Å². The topological polar surface area (TPSA) is 84.5 Å². The molecule has 3 rings (SSSR count). The first-order chi connectivity index (χ1) is 15.7. The lowest BCUT2D eigenvalue weighted by molar-refractivity contribution is -0.117. The summed E-state index contributed by atoms with van der Waals surface area (Å²) in [5, 5.41) is 2.34. The molecule has 0 bridgehead atoms. The van der Waals surface area contributed by atoms with Gasteiger partial charge in [0.1, 0.15) is 23.4 Å². The van der Waals surface area contributed by atoms with E-state index in [1.165, 1.54) is 18.2 Å². The average molecular weight is 495 g/mol. The number of carbonyl (C=O) groups is 1. The molecular formula is C23H21ClF2N2O4S. The highest BCUT2D eigenvalue weighted by Gasteiger charge is 2.27. The van der Waals surface area contributed by atoms with Crippen molar-refractivity contribution in [3.05, 3.63) is 89.0 Å². The number of halogens is 3. The normalized spacial score (nSPS) is 12.2. The second kappa shape index (κ2) is 10.7. The zero-order valence-electron chi connectivity index (χ0n) is 17.5. The summed E-state index contributed by atoms with van der Waals surface area (Å²) in [5.74, 6) is -2.15. The van der Waals surface area contributed by atoms with Gasteiger partial charge in [-0.1, -0.05) is 41.9 Å². The molecule has 0 fully saturated rings. The Bertz CT molecular complexity index is 1240. The Labute approximate surface area is 195 Å². The Morgan fingerprint density at radius 1 is 1.06 bits per heavy atom. The van der Waals surface area contributed by atoms with Crippen molar-refractivity contribution in [2.45, 2.75) is 24.3 Å². The molecule has 0 aliphatic rings. The SMILES string of the molecule is CCOc1ccc(S(=O)(=O)NC(Cc2ccccc2)C(=O)Nc2cc(F)ccc2F)cc1Cl. The van der Waals surface area contributed by atoms with Crippen LogP contribution in [0.4, 0.5) is 14.5 Å². The molecule has 10 heteroatoms. The predicted octanol–water partition coefficient (Wildman–Crippen LogP) is 4.55. The van der Waals surface area contributed by atoms with E-state index in [0.717, 1.165) is 18.2 Å². The quantitative estimate of drug-likeness (QED) is 0.457. The van der Waals surface area contributed by atoms with Crippen molar-refractivity contribution in [3.63, 3.8) is 0 Å². The lowest BCUT2D eigenvalue weighted by Gasteiger charge is -2.19. The summed E-state index contributed by atoms with van der Waals surface area (Å²) in [4.78, 5) is 12.7. The van der Waals surface area contributed by atoms with Crippen LogP contribution in [0, 0.1) is 11.6 Å². The Morgan fingerprint density at radius 2 is 1.79 bits per heavy atom. The smallest absolute Gasteiger partial charge is 0.242 e. The van der Waals surface area contributed by atoms with Gasteiger partial charge in [0.2, 0.25) is 15.9 Å². The van der Waals surface area contributed by atoms with Crippen LogP contribution in [0.2, 0.25) is 5.02 Å². The highest BCUT2D eigenvalue weighted by molar-refractivity contribution is 7.89. The number of carbonyl (C=O) groups excluding carboxylic acids is 1. The molecule has 0 aromatic heterocycles. The van der Waals surface area contributed by atoms with Crippen molar-refractivity contribution in [3.8, 4) is 5.75 Å². The maximum atomic E-state index is 14.0. The van der Waals surface area contributed by atoms with Crippen LogP contribution in [0.25, 0.3) is 0 Å². The zero-order chi connectivity index (χ0) is 24.0. The lowest BCUT2D eigenvalue weighted by atomic mass is 10.1. The molecule has 0 spiro atoms. The lowest BCUT2D eigenvalue weighted by Crippen LogP contribution is -2.45. The fourth-order valence-electron chi connectivity index (χ4n) is 3.03. The molecule has 0 saturated carbocycles. The van der Waals surface area contributed by atoms with Gasteiger partial charge in [-0.25, -0.2) is 17.2 Å². The minimum atomic E-state index is -4.21. The number of rotatable bonds is 9. The Balaban J connectivity index is 1.89. The van der Waals surface area contributed by atoms with E-state index in [4.69, 9.17) is 16.3 Å². The van der Waals surface area contributed by atoms with Crippen LogP contribution in [-0.2, 0) is 21.2 Å². The molecule has 0 saturated heterocycles. The van der Waals surface area contributed by atoms with Gasteiger partial charge in [-0.2, -0.15) is 4.72 Å². The number of nitrogens with one attached hydrogen (secondary N) is 2. The first-order valence-electron chi connectivity index (χ1n) is 9.94.